The van der Waals surface area contributed by atoms with E-state index >= 15 is 0 Å². The summed E-state index contributed by atoms with van der Waals surface area (Å²) in [6, 6.07) is 1.52. The molecule has 0 aliphatic rings. The normalized spacial score (nSPS) is 12.0. The molecule has 0 spiro atoms. The molecule has 108 valence electrons. The fourth-order valence-electron chi connectivity index (χ4n) is 1.60. The van der Waals surface area contributed by atoms with Crippen molar-refractivity contribution in [2.75, 3.05) is 18.0 Å². The van der Waals surface area contributed by atoms with E-state index in [1.54, 1.807) is 0 Å². The van der Waals surface area contributed by atoms with Crippen molar-refractivity contribution in [3.63, 3.8) is 0 Å². The number of hydrogen-bond acceptors (Lipinski definition) is 3. The first-order valence-electron chi connectivity index (χ1n) is 6.09. The molecule has 1 rings (SSSR count). The topological polar surface area (TPSA) is 29.0 Å². The van der Waals surface area contributed by atoms with E-state index in [0.29, 0.717) is 29.2 Å². The Kier molecular flexibility index (Phi) is 5.58. The Morgan fingerprint density at radius 1 is 1.32 bits per heavy atom. The lowest BCUT2D eigenvalue weighted by Gasteiger charge is -2.25. The van der Waals surface area contributed by atoms with Crippen molar-refractivity contribution in [3.05, 3.63) is 16.5 Å². The van der Waals surface area contributed by atoms with Gasteiger partial charge in [0.15, 0.2) is 0 Å². The van der Waals surface area contributed by atoms with Crippen LogP contribution >= 0.6 is 15.9 Å². The molecule has 0 N–H and O–H groups in total. The highest BCUT2D eigenvalue weighted by Gasteiger charge is 2.31. The minimum Gasteiger partial charge on any atom is -0.347 e. The van der Waals surface area contributed by atoms with Crippen molar-refractivity contribution >= 4 is 21.7 Å². The maximum absolute atomic E-state index is 12.6. The highest BCUT2D eigenvalue weighted by atomic mass is 79.9. The van der Waals surface area contributed by atoms with Crippen molar-refractivity contribution in [2.24, 2.45) is 0 Å². The maximum atomic E-state index is 12.6. The first kappa shape index (κ1) is 16.2. The number of rotatable bonds is 5. The van der Waals surface area contributed by atoms with Gasteiger partial charge in [0, 0.05) is 18.5 Å². The Labute approximate surface area is 119 Å². The van der Waals surface area contributed by atoms with Crippen LogP contribution in [0, 0.1) is 0 Å². The van der Waals surface area contributed by atoms with Crippen molar-refractivity contribution in [1.82, 2.24) is 9.97 Å². The third kappa shape index (κ3) is 5.34. The Balaban J connectivity index is 3.07. The van der Waals surface area contributed by atoms with Crippen molar-refractivity contribution in [2.45, 2.75) is 39.3 Å². The molecule has 0 fully saturated rings. The summed E-state index contributed by atoms with van der Waals surface area (Å²) < 4.78 is 38.2. The van der Waals surface area contributed by atoms with Crippen LogP contribution in [-0.4, -0.2) is 29.2 Å². The third-order valence-electron chi connectivity index (χ3n) is 2.40. The second-order valence-corrected chi connectivity index (χ2v) is 5.41. The molecule has 1 aromatic heterocycles. The summed E-state index contributed by atoms with van der Waals surface area (Å²) in [5, 5.41) is 0. The van der Waals surface area contributed by atoms with Gasteiger partial charge >= 0.3 is 6.18 Å². The molecule has 0 atom stereocenters. The van der Waals surface area contributed by atoms with Gasteiger partial charge in [0.2, 0.25) is 0 Å². The van der Waals surface area contributed by atoms with Crippen LogP contribution in [-0.2, 0) is 0 Å². The molecular weight excluding hydrogens is 323 g/mol. The summed E-state index contributed by atoms with van der Waals surface area (Å²) in [6.07, 6.45) is -3.63. The lowest BCUT2D eigenvalue weighted by molar-refractivity contribution is -0.119. The van der Waals surface area contributed by atoms with Gasteiger partial charge in [0.05, 0.1) is 0 Å². The average molecular weight is 340 g/mol. The first-order chi connectivity index (χ1) is 8.73. The van der Waals surface area contributed by atoms with Crippen molar-refractivity contribution in [3.8, 4) is 0 Å². The fraction of sp³-hybridized carbons (Fsp3) is 0.667. The molecule has 0 aliphatic heterocycles. The van der Waals surface area contributed by atoms with Gasteiger partial charge in [-0.05, 0) is 22.4 Å². The standard InChI is InChI=1S/C12H17BrF3N3/c1-4-5-19(7-12(14,15)16)10-6-9(13)17-11(18-10)8(2)3/h6,8H,4-5,7H2,1-3H3. The predicted molar refractivity (Wildman–Crippen MR) is 72.4 cm³/mol. The quantitative estimate of drug-likeness (QED) is 0.755. The highest BCUT2D eigenvalue weighted by molar-refractivity contribution is 9.10. The van der Waals surface area contributed by atoms with Gasteiger partial charge in [-0.15, -0.1) is 0 Å². The molecule has 0 amide bonds. The second-order valence-electron chi connectivity index (χ2n) is 4.60. The number of alkyl halides is 3. The summed E-state index contributed by atoms with van der Waals surface area (Å²) in [7, 11) is 0. The van der Waals surface area contributed by atoms with Crippen LogP contribution in [0.4, 0.5) is 19.0 Å². The molecule has 0 unspecified atom stereocenters. The molecule has 0 aromatic carbocycles. The van der Waals surface area contributed by atoms with Gasteiger partial charge in [-0.2, -0.15) is 13.2 Å². The summed E-state index contributed by atoms with van der Waals surface area (Å²) in [5.41, 5.74) is 0. The van der Waals surface area contributed by atoms with Crippen LogP contribution in [0.25, 0.3) is 0 Å². The Morgan fingerprint density at radius 2 is 1.95 bits per heavy atom. The molecule has 0 radical (unpaired) electrons. The van der Waals surface area contributed by atoms with Crippen molar-refractivity contribution in [1.29, 1.82) is 0 Å². The van der Waals surface area contributed by atoms with Gasteiger partial charge < -0.3 is 4.90 Å². The summed E-state index contributed by atoms with van der Waals surface area (Å²) in [5.74, 6) is 0.906. The largest absolute Gasteiger partial charge is 0.405 e. The summed E-state index contributed by atoms with van der Waals surface area (Å²) >= 11 is 3.22. The smallest absolute Gasteiger partial charge is 0.347 e. The summed E-state index contributed by atoms with van der Waals surface area (Å²) in [6.45, 7) is 4.95. The van der Waals surface area contributed by atoms with E-state index in [1.165, 1.54) is 11.0 Å². The molecule has 0 aliphatic carbocycles. The minimum absolute atomic E-state index is 0.0608. The zero-order chi connectivity index (χ0) is 14.6. The zero-order valence-corrected chi connectivity index (χ0v) is 12.7. The van der Waals surface area contributed by atoms with E-state index < -0.39 is 12.7 Å². The monoisotopic (exact) mass is 339 g/mol. The van der Waals surface area contributed by atoms with Gasteiger partial charge in [-0.3, -0.25) is 0 Å². The van der Waals surface area contributed by atoms with Crippen LogP contribution in [0.3, 0.4) is 0 Å². The summed E-state index contributed by atoms with van der Waals surface area (Å²) in [4.78, 5) is 9.63. The lowest BCUT2D eigenvalue weighted by atomic mass is 10.2. The number of hydrogen-bond donors (Lipinski definition) is 0. The third-order valence-corrected chi connectivity index (χ3v) is 2.81. The van der Waals surface area contributed by atoms with Crippen LogP contribution in [0.5, 0.6) is 0 Å². The van der Waals surface area contributed by atoms with Gasteiger partial charge in [0.25, 0.3) is 0 Å². The van der Waals surface area contributed by atoms with E-state index in [2.05, 4.69) is 25.9 Å². The minimum atomic E-state index is -4.25. The maximum Gasteiger partial charge on any atom is 0.405 e. The second kappa shape index (κ2) is 6.54. The molecule has 1 heterocycles. The lowest BCUT2D eigenvalue weighted by Crippen LogP contribution is -2.35. The number of halogens is 4. The van der Waals surface area contributed by atoms with Gasteiger partial charge in [-0.25, -0.2) is 9.97 Å². The van der Waals surface area contributed by atoms with Gasteiger partial charge in [-0.1, -0.05) is 20.8 Å². The van der Waals surface area contributed by atoms with E-state index in [-0.39, 0.29) is 5.92 Å². The van der Waals surface area contributed by atoms with Crippen LogP contribution in [0.1, 0.15) is 38.9 Å². The Bertz CT molecular complexity index is 421. The molecule has 7 heteroatoms. The van der Waals surface area contributed by atoms with Crippen LogP contribution < -0.4 is 4.90 Å². The highest BCUT2D eigenvalue weighted by Crippen LogP contribution is 2.24. The van der Waals surface area contributed by atoms with E-state index in [0.717, 1.165) is 0 Å². The predicted octanol–water partition coefficient (Wildman–Crippen LogP) is 4.14. The zero-order valence-electron chi connectivity index (χ0n) is 11.1. The number of anilines is 1. The molecular formula is C12H17BrF3N3. The number of nitrogens with zero attached hydrogens (tertiary/aromatic N) is 3. The van der Waals surface area contributed by atoms with Crippen LogP contribution in [0.15, 0.2) is 10.7 Å². The van der Waals surface area contributed by atoms with Gasteiger partial charge in [0.1, 0.15) is 22.8 Å². The molecule has 0 saturated heterocycles. The van der Waals surface area contributed by atoms with E-state index in [4.69, 9.17) is 0 Å². The van der Waals surface area contributed by atoms with E-state index in [9.17, 15) is 13.2 Å². The van der Waals surface area contributed by atoms with E-state index in [1.807, 2.05) is 20.8 Å². The van der Waals surface area contributed by atoms with Crippen LogP contribution in [0.2, 0.25) is 0 Å². The molecule has 3 nitrogen and oxygen atoms in total. The fourth-order valence-corrected chi connectivity index (χ4v) is 1.99. The SMILES string of the molecule is CCCN(CC(F)(F)F)c1cc(Br)nc(C(C)C)n1. The molecule has 0 saturated carbocycles. The van der Waals surface area contributed by atoms with Crippen molar-refractivity contribution < 1.29 is 13.2 Å². The molecule has 19 heavy (non-hydrogen) atoms. The Morgan fingerprint density at radius 3 is 2.42 bits per heavy atom. The first-order valence-corrected chi connectivity index (χ1v) is 6.88. The molecule has 1 aromatic rings. The molecule has 0 bridgehead atoms. The number of aromatic nitrogens is 2. The average Bonchev–Trinajstić information content (AvgIpc) is 2.25. The Hall–Kier alpha value is -0.850.